The van der Waals surface area contributed by atoms with Gasteiger partial charge >= 0.3 is 0 Å². The lowest BCUT2D eigenvalue weighted by Crippen LogP contribution is -2.30. The molecule has 3 nitrogen and oxygen atoms in total. The molecule has 1 aliphatic heterocycles. The summed E-state index contributed by atoms with van der Waals surface area (Å²) in [6.07, 6.45) is 3.02. The number of nitrogens with zero attached hydrogens (tertiary/aromatic N) is 1. The molecule has 5 heteroatoms. The Morgan fingerprint density at radius 3 is 2.88 bits per heavy atom. The second-order valence-electron chi connectivity index (χ2n) is 6.51. The molecule has 0 N–H and O–H groups in total. The van der Waals surface area contributed by atoms with Crippen molar-refractivity contribution in [2.24, 2.45) is 0 Å². The first-order chi connectivity index (χ1) is 12.7. The Bertz CT molecular complexity index is 887. The summed E-state index contributed by atoms with van der Waals surface area (Å²) in [5.74, 6) is 1.07. The number of carbonyl (C=O) groups excluding carboxylic acids is 1. The van der Waals surface area contributed by atoms with Crippen molar-refractivity contribution in [3.63, 3.8) is 0 Å². The number of aryl methyl sites for hydroxylation is 1. The van der Waals surface area contributed by atoms with Crippen LogP contribution in [0.25, 0.3) is 11.3 Å². The Morgan fingerprint density at radius 2 is 2.08 bits per heavy atom. The van der Waals surface area contributed by atoms with E-state index in [4.69, 9.17) is 4.42 Å². The molecule has 1 aromatic carbocycles. The quantitative estimate of drug-likeness (QED) is 0.600. The molecule has 0 spiro atoms. The third-order valence-electron chi connectivity index (χ3n) is 4.83. The number of furan rings is 1. The highest BCUT2D eigenvalue weighted by Crippen LogP contribution is 2.35. The molecule has 26 heavy (non-hydrogen) atoms. The maximum atomic E-state index is 13.9. The van der Waals surface area contributed by atoms with Crippen molar-refractivity contribution in [3.8, 4) is 11.3 Å². The fourth-order valence-electron chi connectivity index (χ4n) is 3.53. The molecule has 1 saturated heterocycles. The van der Waals surface area contributed by atoms with Gasteiger partial charge in [0.1, 0.15) is 17.3 Å². The molecule has 0 saturated carbocycles. The lowest BCUT2D eigenvalue weighted by Gasteiger charge is -2.23. The highest BCUT2D eigenvalue weighted by Gasteiger charge is 2.30. The third kappa shape index (κ3) is 3.44. The highest BCUT2D eigenvalue weighted by molar-refractivity contribution is 7.10. The van der Waals surface area contributed by atoms with Crippen LogP contribution >= 0.6 is 11.3 Å². The van der Waals surface area contributed by atoms with Gasteiger partial charge in [-0.2, -0.15) is 0 Å². The molecule has 1 aliphatic rings. The van der Waals surface area contributed by atoms with Crippen LogP contribution in [-0.2, 0) is 11.2 Å². The number of amides is 1. The molecule has 1 unspecified atom stereocenters. The maximum Gasteiger partial charge on any atom is 0.223 e. The minimum atomic E-state index is -0.305. The monoisotopic (exact) mass is 369 g/mol. The minimum absolute atomic E-state index is 0.157. The Morgan fingerprint density at radius 1 is 1.19 bits per heavy atom. The zero-order chi connectivity index (χ0) is 17.9. The van der Waals surface area contributed by atoms with Crippen LogP contribution in [0.1, 0.15) is 35.9 Å². The largest absolute Gasteiger partial charge is 0.461 e. The average Bonchev–Trinajstić information content (AvgIpc) is 3.40. The van der Waals surface area contributed by atoms with E-state index in [2.05, 4.69) is 11.4 Å². The van der Waals surface area contributed by atoms with Gasteiger partial charge in [0.15, 0.2) is 0 Å². The van der Waals surface area contributed by atoms with Crippen LogP contribution in [0.15, 0.2) is 58.3 Å². The Hall–Kier alpha value is -2.40. The van der Waals surface area contributed by atoms with E-state index in [1.807, 2.05) is 17.0 Å². The summed E-state index contributed by atoms with van der Waals surface area (Å²) in [6.45, 7) is 0.819. The van der Waals surface area contributed by atoms with Crippen LogP contribution in [0, 0.1) is 5.82 Å². The van der Waals surface area contributed by atoms with Crippen molar-refractivity contribution in [1.82, 2.24) is 4.90 Å². The molecule has 4 rings (SSSR count). The van der Waals surface area contributed by atoms with E-state index in [1.165, 1.54) is 10.9 Å². The Labute approximate surface area is 156 Å². The van der Waals surface area contributed by atoms with Crippen molar-refractivity contribution in [1.29, 1.82) is 0 Å². The van der Waals surface area contributed by atoms with Crippen LogP contribution in [-0.4, -0.2) is 17.4 Å². The van der Waals surface area contributed by atoms with E-state index in [-0.39, 0.29) is 17.8 Å². The summed E-state index contributed by atoms with van der Waals surface area (Å²) in [5.41, 5.74) is 0.447. The van der Waals surface area contributed by atoms with Crippen LogP contribution in [0.4, 0.5) is 4.39 Å². The molecular weight excluding hydrogens is 349 g/mol. The fourth-order valence-corrected chi connectivity index (χ4v) is 4.41. The van der Waals surface area contributed by atoms with E-state index in [1.54, 1.807) is 35.6 Å². The zero-order valence-corrected chi connectivity index (χ0v) is 15.2. The van der Waals surface area contributed by atoms with Gasteiger partial charge in [-0.05, 0) is 48.6 Å². The number of hydrogen-bond acceptors (Lipinski definition) is 3. The Kier molecular flexibility index (Phi) is 4.89. The van der Waals surface area contributed by atoms with Crippen molar-refractivity contribution in [2.45, 2.75) is 31.7 Å². The Balaban J connectivity index is 1.40. The molecule has 0 radical (unpaired) electrons. The van der Waals surface area contributed by atoms with E-state index >= 15 is 0 Å². The summed E-state index contributed by atoms with van der Waals surface area (Å²) in [4.78, 5) is 15.9. The minimum Gasteiger partial charge on any atom is -0.461 e. The maximum absolute atomic E-state index is 13.9. The van der Waals surface area contributed by atoms with Gasteiger partial charge in [0.05, 0.1) is 11.6 Å². The summed E-state index contributed by atoms with van der Waals surface area (Å²) >= 11 is 1.71. The van der Waals surface area contributed by atoms with Crippen LogP contribution in [0.5, 0.6) is 0 Å². The summed E-state index contributed by atoms with van der Waals surface area (Å²) in [7, 11) is 0. The van der Waals surface area contributed by atoms with Gasteiger partial charge in [0, 0.05) is 24.3 Å². The first kappa shape index (κ1) is 17.0. The van der Waals surface area contributed by atoms with Crippen molar-refractivity contribution >= 4 is 17.2 Å². The number of hydrogen-bond donors (Lipinski definition) is 0. The lowest BCUT2D eigenvalue weighted by atomic mass is 10.1. The van der Waals surface area contributed by atoms with E-state index in [9.17, 15) is 9.18 Å². The summed E-state index contributed by atoms with van der Waals surface area (Å²) in [5, 5.41) is 2.06. The average molecular weight is 369 g/mol. The molecule has 134 valence electrons. The predicted octanol–water partition coefficient (Wildman–Crippen LogP) is 5.44. The van der Waals surface area contributed by atoms with Gasteiger partial charge in [-0.3, -0.25) is 4.79 Å². The standard InChI is InChI=1S/C21H20FNO2S/c22-17-6-2-1-5-16(17)19-11-9-15(25-19)10-12-21(24)23-13-3-7-18(23)20-8-4-14-26-20/h1-2,4-6,8-9,11,14,18H,3,7,10,12-13H2. The number of halogens is 1. The summed E-state index contributed by atoms with van der Waals surface area (Å²) in [6, 6.07) is 14.5. The van der Waals surface area contributed by atoms with Crippen molar-refractivity contribution in [3.05, 3.63) is 70.4 Å². The third-order valence-corrected chi connectivity index (χ3v) is 5.80. The van der Waals surface area contributed by atoms with Crippen molar-refractivity contribution in [2.75, 3.05) is 6.54 Å². The van der Waals surface area contributed by atoms with E-state index in [0.717, 1.165) is 19.4 Å². The molecule has 3 aromatic rings. The highest BCUT2D eigenvalue weighted by atomic mass is 32.1. The number of rotatable bonds is 5. The zero-order valence-electron chi connectivity index (χ0n) is 14.4. The summed E-state index contributed by atoms with van der Waals surface area (Å²) < 4.78 is 19.6. The first-order valence-electron chi connectivity index (χ1n) is 8.89. The van der Waals surface area contributed by atoms with E-state index < -0.39 is 0 Å². The normalized spacial score (nSPS) is 17.0. The van der Waals surface area contributed by atoms with Gasteiger partial charge in [0.2, 0.25) is 5.91 Å². The molecule has 1 amide bonds. The SMILES string of the molecule is O=C(CCc1ccc(-c2ccccc2F)o1)N1CCCC1c1cccs1. The predicted molar refractivity (Wildman–Crippen MR) is 100 cm³/mol. The number of thiophene rings is 1. The molecule has 0 aliphatic carbocycles. The van der Waals surface area contributed by atoms with E-state index in [0.29, 0.717) is 29.9 Å². The van der Waals surface area contributed by atoms with Crippen LogP contribution in [0.2, 0.25) is 0 Å². The van der Waals surface area contributed by atoms with Crippen LogP contribution < -0.4 is 0 Å². The first-order valence-corrected chi connectivity index (χ1v) is 9.77. The number of carbonyl (C=O) groups is 1. The number of benzene rings is 1. The molecule has 1 atom stereocenters. The molecular formula is C21H20FNO2S. The fraction of sp³-hybridized carbons (Fsp3) is 0.286. The lowest BCUT2D eigenvalue weighted by molar-refractivity contribution is -0.132. The molecule has 0 bridgehead atoms. The number of likely N-dealkylation sites (tertiary alicyclic amines) is 1. The van der Waals surface area contributed by atoms with Crippen molar-refractivity contribution < 1.29 is 13.6 Å². The van der Waals surface area contributed by atoms with Gasteiger partial charge in [-0.15, -0.1) is 11.3 Å². The molecule has 2 aromatic heterocycles. The van der Waals surface area contributed by atoms with Crippen LogP contribution in [0.3, 0.4) is 0 Å². The second kappa shape index (κ2) is 7.46. The molecule has 3 heterocycles. The second-order valence-corrected chi connectivity index (χ2v) is 7.49. The van der Waals surface area contributed by atoms with Gasteiger partial charge < -0.3 is 9.32 Å². The van der Waals surface area contributed by atoms with Gasteiger partial charge in [-0.25, -0.2) is 4.39 Å². The van der Waals surface area contributed by atoms with Gasteiger partial charge in [-0.1, -0.05) is 18.2 Å². The molecule has 1 fully saturated rings. The smallest absolute Gasteiger partial charge is 0.223 e. The van der Waals surface area contributed by atoms with Gasteiger partial charge in [0.25, 0.3) is 0 Å². The topological polar surface area (TPSA) is 33.5 Å².